The van der Waals surface area contributed by atoms with E-state index in [4.69, 9.17) is 2.74 Å². The molecule has 0 amide bonds. The minimum absolute atomic E-state index is 0.228. The fourth-order valence-electron chi connectivity index (χ4n) is 0.323. The van der Waals surface area contributed by atoms with Crippen molar-refractivity contribution in [1.29, 1.82) is 0 Å². The van der Waals surface area contributed by atoms with Crippen LogP contribution < -0.4 is 0 Å². The maximum Gasteiger partial charge on any atom is 0.142 e. The van der Waals surface area contributed by atoms with E-state index in [2.05, 4.69) is 36.8 Å². The molecule has 1 heterocycles. The van der Waals surface area contributed by atoms with E-state index in [0.29, 0.717) is 0 Å². The average Bonchev–Trinajstić information content (AvgIpc) is 1.97. The van der Waals surface area contributed by atoms with Crippen LogP contribution in [0, 0.1) is 5.82 Å². The Balaban J connectivity index is 3.46. The average molecular weight is 257 g/mol. The van der Waals surface area contributed by atoms with Crippen LogP contribution in [0.25, 0.3) is 0 Å². The van der Waals surface area contributed by atoms with E-state index in [-0.39, 0.29) is 15.1 Å². The lowest BCUT2D eigenvalue weighted by molar-refractivity contribution is 0.619. The van der Waals surface area contributed by atoms with Crippen LogP contribution in [0.4, 0.5) is 4.39 Å². The molecule has 0 aliphatic heterocycles. The highest BCUT2D eigenvalue weighted by Crippen LogP contribution is 2.19. The second-order valence-corrected chi connectivity index (χ2v) is 2.81. The third-order valence-corrected chi connectivity index (χ3v) is 2.33. The van der Waals surface area contributed by atoms with E-state index >= 15 is 0 Å². The van der Waals surface area contributed by atoms with Gasteiger partial charge in [-0.05, 0) is 37.9 Å². The van der Waals surface area contributed by atoms with Crippen LogP contribution in [0.3, 0.4) is 0 Å². The van der Waals surface area contributed by atoms with Gasteiger partial charge in [0, 0.05) is 0 Å². The summed E-state index contributed by atoms with van der Waals surface area (Å²) in [6, 6.07) is -0.350. The van der Waals surface area contributed by atoms with Gasteiger partial charge in [0.15, 0.2) is 0 Å². The minimum atomic E-state index is -0.917. The molecule has 1 nitrogen and oxygen atoms in total. The molecule has 0 saturated heterocycles. The van der Waals surface area contributed by atoms with E-state index in [9.17, 15) is 4.39 Å². The summed E-state index contributed by atoms with van der Waals surface area (Å²) in [4.78, 5) is 3.47. The lowest BCUT2D eigenvalue weighted by Crippen LogP contribution is -1.79. The zero-order valence-corrected chi connectivity index (χ0v) is 7.25. The molecule has 1 rings (SSSR count). The summed E-state index contributed by atoms with van der Waals surface area (Å²) in [6.45, 7) is 0. The number of hydrogen-bond acceptors (Lipinski definition) is 1. The summed E-state index contributed by atoms with van der Waals surface area (Å²) >= 11 is 5.91. The fourth-order valence-corrected chi connectivity index (χ4v) is 0.774. The minimum Gasteiger partial charge on any atom is -0.245 e. The number of pyridine rings is 1. The quantitative estimate of drug-likeness (QED) is 0.651. The van der Waals surface area contributed by atoms with Gasteiger partial charge in [-0.2, -0.15) is 0 Å². The van der Waals surface area contributed by atoms with Crippen molar-refractivity contribution in [2.45, 2.75) is 0 Å². The molecule has 48 valence electrons. The Morgan fingerprint density at radius 1 is 1.67 bits per heavy atom. The van der Waals surface area contributed by atoms with Gasteiger partial charge in [0.2, 0.25) is 0 Å². The standard InChI is InChI=1S/C5H2Br2FN/c6-4-1-3(8)2-9-5(4)7/h1-2H/i1D,2D. The molecular weight excluding hydrogens is 253 g/mol. The number of halogens is 3. The molecule has 0 N–H and O–H groups in total. The van der Waals surface area contributed by atoms with Gasteiger partial charge in [-0.15, -0.1) is 0 Å². The normalized spacial score (nSPS) is 12.8. The molecule has 9 heavy (non-hydrogen) atoms. The van der Waals surface area contributed by atoms with E-state index < -0.39 is 12.0 Å². The maximum absolute atomic E-state index is 12.7. The van der Waals surface area contributed by atoms with Gasteiger partial charge in [0.05, 0.1) is 13.4 Å². The molecule has 0 aliphatic carbocycles. The van der Waals surface area contributed by atoms with Gasteiger partial charge in [-0.3, -0.25) is 0 Å². The molecule has 0 spiro atoms. The zero-order chi connectivity index (χ0) is 8.59. The highest BCUT2D eigenvalue weighted by molar-refractivity contribution is 9.13. The van der Waals surface area contributed by atoms with Gasteiger partial charge < -0.3 is 0 Å². The molecule has 0 saturated carbocycles. The molecule has 0 aliphatic rings. The van der Waals surface area contributed by atoms with E-state index in [1.54, 1.807) is 0 Å². The smallest absolute Gasteiger partial charge is 0.142 e. The first-order chi connectivity index (χ1) is 5.04. The fraction of sp³-hybridized carbons (Fsp3) is 0. The van der Waals surface area contributed by atoms with Crippen molar-refractivity contribution in [1.82, 2.24) is 4.98 Å². The largest absolute Gasteiger partial charge is 0.245 e. The highest BCUT2D eigenvalue weighted by atomic mass is 79.9. The van der Waals surface area contributed by atoms with Crippen LogP contribution >= 0.6 is 31.9 Å². The van der Waals surface area contributed by atoms with Crippen LogP contribution in [-0.2, 0) is 0 Å². The number of rotatable bonds is 0. The second kappa shape index (κ2) is 2.75. The maximum atomic E-state index is 12.7. The number of nitrogens with zero attached hydrogens (tertiary/aromatic N) is 1. The molecular formula is C5H2Br2FN. The van der Waals surface area contributed by atoms with Crippen LogP contribution in [0.2, 0.25) is 0 Å². The van der Waals surface area contributed by atoms with Crippen molar-refractivity contribution in [2.24, 2.45) is 0 Å². The lowest BCUT2D eigenvalue weighted by Gasteiger charge is -1.91. The Morgan fingerprint density at radius 2 is 2.33 bits per heavy atom. The monoisotopic (exact) mass is 255 g/mol. The summed E-state index contributed by atoms with van der Waals surface area (Å²) in [5.41, 5.74) is 0. The molecule has 1 aromatic rings. The molecule has 0 atom stereocenters. The van der Waals surface area contributed by atoms with Crippen LogP contribution in [0.5, 0.6) is 0 Å². The Kier molecular flexibility index (Phi) is 1.46. The van der Waals surface area contributed by atoms with E-state index in [1.165, 1.54) is 0 Å². The number of aromatic nitrogens is 1. The molecule has 0 radical (unpaired) electrons. The first kappa shape index (κ1) is 4.79. The summed E-state index contributed by atoms with van der Waals surface area (Å²) in [6.07, 6.45) is -0.523. The Bertz CT molecular complexity index is 279. The van der Waals surface area contributed by atoms with Crippen LogP contribution in [-0.4, -0.2) is 4.98 Å². The van der Waals surface area contributed by atoms with Crippen molar-refractivity contribution in [3.05, 3.63) is 27.1 Å². The van der Waals surface area contributed by atoms with Crippen molar-refractivity contribution < 1.29 is 7.13 Å². The third-order valence-electron chi connectivity index (χ3n) is 0.653. The summed E-state index contributed by atoms with van der Waals surface area (Å²) in [5.74, 6) is -0.917. The second-order valence-electron chi connectivity index (χ2n) is 1.27. The molecule has 4 heteroatoms. The lowest BCUT2D eigenvalue weighted by atomic mass is 10.5. The van der Waals surface area contributed by atoms with Gasteiger partial charge in [0.1, 0.15) is 10.4 Å². The Morgan fingerprint density at radius 3 is 3.00 bits per heavy atom. The summed E-state index contributed by atoms with van der Waals surface area (Å²) in [7, 11) is 0. The number of hydrogen-bond donors (Lipinski definition) is 0. The first-order valence-corrected chi connectivity index (χ1v) is 3.60. The van der Waals surface area contributed by atoms with Gasteiger partial charge in [0.25, 0.3) is 0 Å². The van der Waals surface area contributed by atoms with Crippen molar-refractivity contribution in [3.63, 3.8) is 0 Å². The summed E-state index contributed by atoms with van der Waals surface area (Å²) in [5, 5.41) is 0. The van der Waals surface area contributed by atoms with Crippen LogP contribution in [0.15, 0.2) is 21.3 Å². The highest BCUT2D eigenvalue weighted by Gasteiger charge is 1.96. The zero-order valence-electron chi connectivity index (χ0n) is 6.08. The van der Waals surface area contributed by atoms with Gasteiger partial charge >= 0.3 is 0 Å². The molecule has 0 fully saturated rings. The summed E-state index contributed by atoms with van der Waals surface area (Å²) < 4.78 is 27.2. The van der Waals surface area contributed by atoms with Gasteiger partial charge in [-0.1, -0.05) is 0 Å². The van der Waals surface area contributed by atoms with Gasteiger partial charge in [-0.25, -0.2) is 9.37 Å². The third kappa shape index (κ3) is 1.72. The van der Waals surface area contributed by atoms with E-state index in [1.807, 2.05) is 0 Å². The predicted octanol–water partition coefficient (Wildman–Crippen LogP) is 2.75. The topological polar surface area (TPSA) is 12.9 Å². The Hall–Kier alpha value is 0.0400. The van der Waals surface area contributed by atoms with Crippen molar-refractivity contribution >= 4 is 31.9 Å². The van der Waals surface area contributed by atoms with Crippen molar-refractivity contribution in [3.8, 4) is 0 Å². The first-order valence-electron chi connectivity index (χ1n) is 3.01. The molecule has 0 bridgehead atoms. The molecule has 0 aromatic carbocycles. The van der Waals surface area contributed by atoms with E-state index in [0.717, 1.165) is 0 Å². The SMILES string of the molecule is [2H]c1nc(Br)c(Br)c([2H])c1F. The van der Waals surface area contributed by atoms with Crippen LogP contribution in [0.1, 0.15) is 2.74 Å². The van der Waals surface area contributed by atoms with Crippen molar-refractivity contribution in [2.75, 3.05) is 0 Å². The molecule has 1 aromatic heterocycles. The molecule has 0 unspecified atom stereocenters. The predicted molar refractivity (Wildman–Crippen MR) is 39.6 cm³/mol. The Labute approximate surface area is 71.4 Å².